The fourth-order valence-corrected chi connectivity index (χ4v) is 1.70. The van der Waals surface area contributed by atoms with Gasteiger partial charge in [0.05, 0.1) is 0 Å². The second-order valence-corrected chi connectivity index (χ2v) is 4.25. The first-order valence-electron chi connectivity index (χ1n) is 6.66. The Bertz CT molecular complexity index is 601. The van der Waals surface area contributed by atoms with Gasteiger partial charge in [-0.25, -0.2) is 4.79 Å². The van der Waals surface area contributed by atoms with E-state index >= 15 is 0 Å². The Morgan fingerprint density at radius 1 is 1.05 bits per heavy atom. The van der Waals surface area contributed by atoms with Crippen LogP contribution in [-0.4, -0.2) is 17.4 Å². The van der Waals surface area contributed by atoms with Crippen LogP contribution in [0.3, 0.4) is 0 Å². The summed E-state index contributed by atoms with van der Waals surface area (Å²) in [5.74, 6) is -0.922. The highest BCUT2D eigenvalue weighted by Crippen LogP contribution is 2.05. The minimum Gasteiger partial charge on any atom is -0.478 e. The van der Waals surface area contributed by atoms with Crippen molar-refractivity contribution < 1.29 is 14.7 Å². The SMILES string of the molecule is CCc1ccccc1C=O.O=C(O)C=Cc1ccccc1. The fourth-order valence-electron chi connectivity index (χ4n) is 1.70. The maximum Gasteiger partial charge on any atom is 0.328 e. The molecule has 0 fully saturated rings. The van der Waals surface area contributed by atoms with Crippen molar-refractivity contribution in [3.8, 4) is 0 Å². The van der Waals surface area contributed by atoms with Gasteiger partial charge in [-0.15, -0.1) is 0 Å². The number of carboxylic acids is 1. The van der Waals surface area contributed by atoms with Gasteiger partial charge in [0.2, 0.25) is 0 Å². The van der Waals surface area contributed by atoms with Crippen LogP contribution in [-0.2, 0) is 11.2 Å². The zero-order chi connectivity index (χ0) is 15.5. The molecule has 0 spiro atoms. The monoisotopic (exact) mass is 282 g/mol. The highest BCUT2D eigenvalue weighted by atomic mass is 16.4. The molecule has 3 nitrogen and oxygen atoms in total. The summed E-state index contributed by atoms with van der Waals surface area (Å²) < 4.78 is 0. The van der Waals surface area contributed by atoms with E-state index in [0.29, 0.717) is 0 Å². The van der Waals surface area contributed by atoms with E-state index in [9.17, 15) is 9.59 Å². The van der Waals surface area contributed by atoms with Crippen molar-refractivity contribution in [2.45, 2.75) is 13.3 Å². The number of rotatable bonds is 4. The van der Waals surface area contributed by atoms with Gasteiger partial charge in [-0.1, -0.05) is 61.5 Å². The normalized spacial score (nSPS) is 9.76. The molecule has 0 amide bonds. The Labute approximate surface area is 124 Å². The van der Waals surface area contributed by atoms with E-state index in [-0.39, 0.29) is 0 Å². The van der Waals surface area contributed by atoms with E-state index in [1.807, 2.05) is 61.5 Å². The molecular formula is C18H18O3. The molecule has 2 aromatic rings. The van der Waals surface area contributed by atoms with Crippen LogP contribution >= 0.6 is 0 Å². The van der Waals surface area contributed by atoms with E-state index < -0.39 is 5.97 Å². The summed E-state index contributed by atoms with van der Waals surface area (Å²) in [5, 5.41) is 8.29. The van der Waals surface area contributed by atoms with Crippen LogP contribution < -0.4 is 0 Å². The third kappa shape index (κ3) is 6.34. The van der Waals surface area contributed by atoms with Crippen LogP contribution in [0.1, 0.15) is 28.4 Å². The van der Waals surface area contributed by atoms with E-state index in [2.05, 4.69) is 0 Å². The van der Waals surface area contributed by atoms with Crippen molar-refractivity contribution in [3.63, 3.8) is 0 Å². The number of aryl methyl sites for hydroxylation is 1. The van der Waals surface area contributed by atoms with Crippen molar-refractivity contribution >= 4 is 18.3 Å². The molecule has 0 unspecified atom stereocenters. The van der Waals surface area contributed by atoms with Gasteiger partial charge in [-0.05, 0) is 23.6 Å². The number of aldehydes is 1. The minimum absolute atomic E-state index is 0.810. The molecule has 0 aliphatic carbocycles. The van der Waals surface area contributed by atoms with Crippen molar-refractivity contribution in [2.75, 3.05) is 0 Å². The third-order valence-electron chi connectivity index (χ3n) is 2.78. The Morgan fingerprint density at radius 2 is 1.67 bits per heavy atom. The Kier molecular flexibility index (Phi) is 7.22. The first-order valence-corrected chi connectivity index (χ1v) is 6.66. The molecule has 0 saturated heterocycles. The van der Waals surface area contributed by atoms with Gasteiger partial charge in [0, 0.05) is 11.6 Å². The lowest BCUT2D eigenvalue weighted by atomic mass is 10.1. The molecular weight excluding hydrogens is 264 g/mol. The number of hydrogen-bond donors (Lipinski definition) is 1. The second kappa shape index (κ2) is 9.26. The van der Waals surface area contributed by atoms with E-state index in [0.717, 1.165) is 35.5 Å². The van der Waals surface area contributed by atoms with Crippen LogP contribution in [0.4, 0.5) is 0 Å². The lowest BCUT2D eigenvalue weighted by Crippen LogP contribution is -1.88. The summed E-state index contributed by atoms with van der Waals surface area (Å²) in [6.07, 6.45) is 4.51. The van der Waals surface area contributed by atoms with Crippen LogP contribution in [0.15, 0.2) is 60.7 Å². The molecule has 2 rings (SSSR count). The Morgan fingerprint density at radius 3 is 2.19 bits per heavy atom. The number of carbonyl (C=O) groups is 2. The lowest BCUT2D eigenvalue weighted by molar-refractivity contribution is -0.131. The predicted molar refractivity (Wildman–Crippen MR) is 84.3 cm³/mol. The lowest BCUT2D eigenvalue weighted by Gasteiger charge is -1.97. The Balaban J connectivity index is 0.000000211. The molecule has 2 aromatic carbocycles. The third-order valence-corrected chi connectivity index (χ3v) is 2.78. The largest absolute Gasteiger partial charge is 0.478 e. The number of carbonyl (C=O) groups excluding carboxylic acids is 1. The summed E-state index contributed by atoms with van der Waals surface area (Å²) in [7, 11) is 0. The average molecular weight is 282 g/mol. The van der Waals surface area contributed by atoms with E-state index in [4.69, 9.17) is 5.11 Å². The van der Waals surface area contributed by atoms with Crippen molar-refractivity contribution in [2.24, 2.45) is 0 Å². The van der Waals surface area contributed by atoms with Crippen LogP contribution in [0.25, 0.3) is 6.08 Å². The van der Waals surface area contributed by atoms with E-state index in [1.54, 1.807) is 6.08 Å². The first-order chi connectivity index (χ1) is 10.2. The molecule has 0 aromatic heterocycles. The minimum atomic E-state index is -0.922. The second-order valence-electron chi connectivity index (χ2n) is 4.25. The number of benzene rings is 2. The van der Waals surface area contributed by atoms with Gasteiger partial charge in [0.15, 0.2) is 0 Å². The molecule has 3 heteroatoms. The predicted octanol–water partition coefficient (Wildman–Crippen LogP) is 3.85. The van der Waals surface area contributed by atoms with Crippen LogP contribution in [0.5, 0.6) is 0 Å². The molecule has 0 aliphatic rings. The number of carboxylic acid groups (broad SMARTS) is 1. The summed E-state index contributed by atoms with van der Waals surface area (Å²) in [5.41, 5.74) is 2.83. The maximum atomic E-state index is 10.4. The van der Waals surface area contributed by atoms with Crippen molar-refractivity contribution in [1.29, 1.82) is 0 Å². The standard InChI is InChI=1S/C9H8O2.C9H10O/c10-9(11)7-6-8-4-2-1-3-5-8;1-2-8-5-3-4-6-9(8)7-10/h1-7H,(H,10,11);3-7H,2H2,1H3. The number of aliphatic carboxylic acids is 1. The zero-order valence-corrected chi connectivity index (χ0v) is 11.9. The smallest absolute Gasteiger partial charge is 0.328 e. The van der Waals surface area contributed by atoms with E-state index in [1.165, 1.54) is 0 Å². The van der Waals surface area contributed by atoms with Gasteiger partial charge in [0.1, 0.15) is 6.29 Å². The molecule has 0 saturated carbocycles. The highest BCUT2D eigenvalue weighted by molar-refractivity contribution is 5.85. The van der Waals surface area contributed by atoms with Gasteiger partial charge in [0.25, 0.3) is 0 Å². The summed E-state index contributed by atoms with van der Waals surface area (Å²) >= 11 is 0. The topological polar surface area (TPSA) is 54.4 Å². The summed E-state index contributed by atoms with van der Waals surface area (Å²) in [6.45, 7) is 2.04. The Hall–Kier alpha value is -2.68. The van der Waals surface area contributed by atoms with Gasteiger partial charge < -0.3 is 5.11 Å². The van der Waals surface area contributed by atoms with Gasteiger partial charge >= 0.3 is 5.97 Å². The van der Waals surface area contributed by atoms with Crippen LogP contribution in [0.2, 0.25) is 0 Å². The molecule has 108 valence electrons. The highest BCUT2D eigenvalue weighted by Gasteiger charge is 1.94. The summed E-state index contributed by atoms with van der Waals surface area (Å²) in [6, 6.07) is 16.9. The van der Waals surface area contributed by atoms with Crippen molar-refractivity contribution in [1.82, 2.24) is 0 Å². The van der Waals surface area contributed by atoms with Gasteiger partial charge in [-0.3, -0.25) is 4.79 Å². The zero-order valence-electron chi connectivity index (χ0n) is 11.9. The molecule has 0 bridgehead atoms. The number of hydrogen-bond acceptors (Lipinski definition) is 2. The quantitative estimate of drug-likeness (QED) is 0.684. The van der Waals surface area contributed by atoms with Crippen LogP contribution in [0, 0.1) is 0 Å². The average Bonchev–Trinajstić information content (AvgIpc) is 2.54. The molecule has 1 N–H and O–H groups in total. The maximum absolute atomic E-state index is 10.4. The molecule has 21 heavy (non-hydrogen) atoms. The van der Waals surface area contributed by atoms with Gasteiger partial charge in [-0.2, -0.15) is 0 Å². The first kappa shape index (κ1) is 16.4. The fraction of sp³-hybridized carbons (Fsp3) is 0.111. The molecule has 0 aliphatic heterocycles. The molecule has 0 heterocycles. The van der Waals surface area contributed by atoms with Crippen molar-refractivity contribution in [3.05, 3.63) is 77.4 Å². The molecule has 0 radical (unpaired) electrons. The molecule has 0 atom stereocenters. The summed E-state index contributed by atoms with van der Waals surface area (Å²) in [4.78, 5) is 20.5.